The molecule has 41 heavy (non-hydrogen) atoms. The number of halogens is 1. The molecular weight excluding hydrogens is 544 g/mol. The molecule has 9 heteroatoms. The van der Waals surface area contributed by atoms with Gasteiger partial charge in [0.05, 0.1) is 41.3 Å². The van der Waals surface area contributed by atoms with Crippen LogP contribution < -0.4 is 4.90 Å². The maximum absolute atomic E-state index is 14.8. The van der Waals surface area contributed by atoms with Gasteiger partial charge in [-0.1, -0.05) is 72.8 Å². The van der Waals surface area contributed by atoms with Crippen molar-refractivity contribution >= 4 is 35.1 Å². The van der Waals surface area contributed by atoms with E-state index in [2.05, 4.69) is 13.2 Å². The third kappa shape index (κ3) is 4.88. The number of aliphatic hydroxyl groups is 1. The van der Waals surface area contributed by atoms with Crippen LogP contribution in [0.1, 0.15) is 24.0 Å². The molecule has 5 rings (SSSR count). The first-order valence-corrected chi connectivity index (χ1v) is 14.3. The number of ether oxygens (including phenoxy) is 2. The SMILES string of the molecule is C=CCOC(=O)[C@@H]1[C@@H]2CCC3(O2)C(C(=O)N(CC=C)c2c(C)cccc2Cl)N([C@@H](CO)Cc2ccccc2)C(=O)[C@H]13. The molecule has 0 saturated carbocycles. The van der Waals surface area contributed by atoms with Gasteiger partial charge in [0, 0.05) is 6.54 Å². The van der Waals surface area contributed by atoms with Gasteiger partial charge in [-0.2, -0.15) is 0 Å². The fraction of sp³-hybridized carbons (Fsp3) is 0.406. The van der Waals surface area contributed by atoms with E-state index in [9.17, 15) is 19.5 Å². The topological polar surface area (TPSA) is 96.4 Å². The summed E-state index contributed by atoms with van der Waals surface area (Å²) in [5, 5.41) is 11.0. The van der Waals surface area contributed by atoms with Crippen molar-refractivity contribution in [3.63, 3.8) is 0 Å². The van der Waals surface area contributed by atoms with Gasteiger partial charge in [-0.3, -0.25) is 14.4 Å². The van der Waals surface area contributed by atoms with Gasteiger partial charge in [-0.05, 0) is 43.4 Å². The molecule has 0 aromatic heterocycles. The number of aliphatic hydroxyl groups excluding tert-OH is 1. The Hall–Kier alpha value is -3.46. The van der Waals surface area contributed by atoms with Crippen molar-refractivity contribution in [3.8, 4) is 0 Å². The predicted octanol–water partition coefficient (Wildman–Crippen LogP) is 3.87. The summed E-state index contributed by atoms with van der Waals surface area (Å²) in [6.45, 7) is 9.09. The van der Waals surface area contributed by atoms with E-state index < -0.39 is 53.4 Å². The smallest absolute Gasteiger partial charge is 0.312 e. The molecule has 2 aromatic carbocycles. The molecule has 6 atom stereocenters. The molecule has 216 valence electrons. The highest BCUT2D eigenvalue weighted by molar-refractivity contribution is 6.34. The lowest BCUT2D eigenvalue weighted by Gasteiger charge is -2.39. The number of carbonyl (C=O) groups excluding carboxylic acids is 3. The van der Waals surface area contributed by atoms with Gasteiger partial charge in [-0.15, -0.1) is 6.58 Å². The van der Waals surface area contributed by atoms with Crippen LogP contribution in [0, 0.1) is 18.8 Å². The number of benzene rings is 2. The number of esters is 1. The second-order valence-corrected chi connectivity index (χ2v) is 11.3. The molecular formula is C32H35ClN2O6. The number of aryl methyl sites for hydroxylation is 1. The number of carbonyl (C=O) groups is 3. The van der Waals surface area contributed by atoms with Gasteiger partial charge >= 0.3 is 5.97 Å². The Morgan fingerprint density at radius 2 is 1.98 bits per heavy atom. The van der Waals surface area contributed by atoms with Gasteiger partial charge in [0.25, 0.3) is 5.91 Å². The molecule has 3 fully saturated rings. The van der Waals surface area contributed by atoms with Crippen molar-refractivity contribution in [2.45, 2.75) is 50.0 Å². The van der Waals surface area contributed by atoms with Crippen LogP contribution in [0.2, 0.25) is 5.02 Å². The van der Waals surface area contributed by atoms with Crippen molar-refractivity contribution in [3.05, 3.63) is 90.0 Å². The monoisotopic (exact) mass is 578 g/mol. The zero-order valence-electron chi connectivity index (χ0n) is 23.1. The normalized spacial score (nSPS) is 26.9. The van der Waals surface area contributed by atoms with E-state index in [0.717, 1.165) is 11.1 Å². The summed E-state index contributed by atoms with van der Waals surface area (Å²) in [7, 11) is 0. The van der Waals surface area contributed by atoms with E-state index in [1.807, 2.05) is 43.3 Å². The van der Waals surface area contributed by atoms with Crippen LogP contribution >= 0.6 is 11.6 Å². The Kier molecular flexibility index (Phi) is 8.36. The summed E-state index contributed by atoms with van der Waals surface area (Å²) in [5.41, 5.74) is 0.944. The Morgan fingerprint density at radius 3 is 2.63 bits per heavy atom. The Balaban J connectivity index is 1.62. The molecule has 0 aliphatic carbocycles. The number of nitrogens with zero attached hydrogens (tertiary/aromatic N) is 2. The van der Waals surface area contributed by atoms with Crippen LogP contribution in [-0.2, 0) is 30.3 Å². The van der Waals surface area contributed by atoms with Crippen LogP contribution in [0.4, 0.5) is 5.69 Å². The molecule has 2 bridgehead atoms. The lowest BCUT2D eigenvalue weighted by Crippen LogP contribution is -2.59. The zero-order valence-corrected chi connectivity index (χ0v) is 23.8. The molecule has 2 amide bonds. The largest absolute Gasteiger partial charge is 0.461 e. The minimum Gasteiger partial charge on any atom is -0.461 e. The first kappa shape index (κ1) is 29.0. The first-order valence-electron chi connectivity index (χ1n) is 13.9. The fourth-order valence-corrected chi connectivity index (χ4v) is 7.26. The average Bonchev–Trinajstić information content (AvgIpc) is 3.61. The maximum atomic E-state index is 14.8. The Morgan fingerprint density at radius 1 is 1.22 bits per heavy atom. The fourth-order valence-electron chi connectivity index (χ4n) is 6.94. The highest BCUT2D eigenvalue weighted by Gasteiger charge is 2.75. The van der Waals surface area contributed by atoms with Gasteiger partial charge in [0.15, 0.2) is 0 Å². The second kappa shape index (κ2) is 11.8. The van der Waals surface area contributed by atoms with E-state index >= 15 is 0 Å². The number of rotatable bonds is 11. The van der Waals surface area contributed by atoms with Crippen LogP contribution in [0.15, 0.2) is 73.8 Å². The number of hydrogen-bond donors (Lipinski definition) is 1. The standard InChI is InChI=1S/C32H35ClN2O6/c1-4-16-34(27-20(3)10-9-13-23(27)33)30(38)28-32-15-14-24(41-32)25(31(39)40-17-5-2)26(32)29(37)35(28)22(19-36)18-21-11-7-6-8-12-21/h4-13,22,24-26,28,36H,1-2,14-19H2,3H3/t22-,24+,25-,26+,28?,32?/m1/s1. The van der Waals surface area contributed by atoms with Crippen molar-refractivity contribution in [1.29, 1.82) is 0 Å². The summed E-state index contributed by atoms with van der Waals surface area (Å²) in [6, 6.07) is 13.0. The summed E-state index contributed by atoms with van der Waals surface area (Å²) in [5.74, 6) is -3.12. The molecule has 2 aromatic rings. The van der Waals surface area contributed by atoms with Crippen LogP contribution in [0.5, 0.6) is 0 Å². The van der Waals surface area contributed by atoms with E-state index in [1.165, 1.54) is 15.9 Å². The van der Waals surface area contributed by atoms with E-state index in [0.29, 0.717) is 30.0 Å². The number of likely N-dealkylation sites (tertiary alicyclic amines) is 1. The minimum absolute atomic E-state index is 0.00814. The van der Waals surface area contributed by atoms with E-state index in [1.54, 1.807) is 18.2 Å². The predicted molar refractivity (Wildman–Crippen MR) is 155 cm³/mol. The van der Waals surface area contributed by atoms with Crippen LogP contribution in [0.3, 0.4) is 0 Å². The molecule has 3 aliphatic heterocycles. The lowest BCUT2D eigenvalue weighted by atomic mass is 9.70. The van der Waals surface area contributed by atoms with Crippen LogP contribution in [0.25, 0.3) is 0 Å². The average molecular weight is 579 g/mol. The van der Waals surface area contributed by atoms with Crippen molar-refractivity contribution < 1.29 is 29.0 Å². The third-order valence-electron chi connectivity index (χ3n) is 8.54. The molecule has 1 N–H and O–H groups in total. The quantitative estimate of drug-likeness (QED) is 0.321. The molecule has 3 saturated heterocycles. The summed E-state index contributed by atoms with van der Waals surface area (Å²) >= 11 is 6.63. The van der Waals surface area contributed by atoms with Gasteiger partial charge in [0.2, 0.25) is 5.91 Å². The van der Waals surface area contributed by atoms with Crippen molar-refractivity contribution in [2.75, 3.05) is 24.7 Å². The molecule has 3 aliphatic rings. The Bertz CT molecular complexity index is 1330. The highest BCUT2D eigenvalue weighted by atomic mass is 35.5. The summed E-state index contributed by atoms with van der Waals surface area (Å²) < 4.78 is 11.9. The second-order valence-electron chi connectivity index (χ2n) is 10.9. The summed E-state index contributed by atoms with van der Waals surface area (Å²) in [6.07, 6.45) is 3.76. The minimum atomic E-state index is -1.25. The maximum Gasteiger partial charge on any atom is 0.312 e. The molecule has 2 unspecified atom stereocenters. The lowest BCUT2D eigenvalue weighted by molar-refractivity contribution is -0.154. The molecule has 0 radical (unpaired) electrons. The third-order valence-corrected chi connectivity index (χ3v) is 8.85. The molecule has 3 heterocycles. The van der Waals surface area contributed by atoms with Crippen LogP contribution in [-0.4, -0.2) is 71.3 Å². The van der Waals surface area contributed by atoms with Gasteiger partial charge in [0.1, 0.15) is 18.2 Å². The van der Waals surface area contributed by atoms with Crippen molar-refractivity contribution in [2.24, 2.45) is 11.8 Å². The highest BCUT2D eigenvalue weighted by Crippen LogP contribution is 2.59. The summed E-state index contributed by atoms with van der Waals surface area (Å²) in [4.78, 5) is 45.4. The van der Waals surface area contributed by atoms with E-state index in [-0.39, 0.29) is 19.8 Å². The number of para-hydroxylation sites is 1. The number of fused-ring (bicyclic) bond motifs is 1. The molecule has 1 spiro atoms. The zero-order chi connectivity index (χ0) is 29.3. The number of anilines is 1. The van der Waals surface area contributed by atoms with Crippen molar-refractivity contribution in [1.82, 2.24) is 4.90 Å². The first-order chi connectivity index (χ1) is 19.8. The number of amides is 2. The van der Waals surface area contributed by atoms with Gasteiger partial charge < -0.3 is 24.4 Å². The number of hydrogen-bond acceptors (Lipinski definition) is 6. The van der Waals surface area contributed by atoms with E-state index in [4.69, 9.17) is 21.1 Å². The molecule has 8 nitrogen and oxygen atoms in total. The van der Waals surface area contributed by atoms with Gasteiger partial charge in [-0.25, -0.2) is 0 Å². The Labute approximate surface area is 245 Å².